The molecule has 1 heterocycles. The first-order chi connectivity index (χ1) is 13.5. The van der Waals surface area contributed by atoms with Crippen LogP contribution in [0.5, 0.6) is 5.75 Å². The molecule has 8 heteroatoms. The SMILES string of the molecule is CC.COc1ccc(Nc2nc(=O)n(C)c(=O)n2Cc2ccc(C)cc2)cc1.[B]. The van der Waals surface area contributed by atoms with Crippen LogP contribution in [0, 0.1) is 6.92 Å². The summed E-state index contributed by atoms with van der Waals surface area (Å²) >= 11 is 0. The summed E-state index contributed by atoms with van der Waals surface area (Å²) in [5, 5.41) is 3.05. The Bertz CT molecular complexity index is 1030. The molecule has 7 nitrogen and oxygen atoms in total. The molecule has 151 valence electrons. The molecule has 0 amide bonds. The van der Waals surface area contributed by atoms with Crippen molar-refractivity contribution in [1.82, 2.24) is 14.1 Å². The summed E-state index contributed by atoms with van der Waals surface area (Å²) < 4.78 is 7.57. The van der Waals surface area contributed by atoms with E-state index in [4.69, 9.17) is 4.74 Å². The predicted octanol–water partition coefficient (Wildman–Crippen LogP) is 2.70. The van der Waals surface area contributed by atoms with Crippen LogP contribution in [0.3, 0.4) is 0 Å². The van der Waals surface area contributed by atoms with E-state index in [1.165, 1.54) is 11.6 Å². The van der Waals surface area contributed by atoms with Gasteiger partial charge in [-0.15, -0.1) is 0 Å². The lowest BCUT2D eigenvalue weighted by molar-refractivity contribution is 0.415. The van der Waals surface area contributed by atoms with E-state index >= 15 is 0 Å². The van der Waals surface area contributed by atoms with Gasteiger partial charge in [-0.25, -0.2) is 14.2 Å². The van der Waals surface area contributed by atoms with Crippen molar-refractivity contribution in [1.29, 1.82) is 0 Å². The highest BCUT2D eigenvalue weighted by molar-refractivity contribution is 5.75. The Balaban J connectivity index is 0.00000136. The largest absolute Gasteiger partial charge is 0.497 e. The number of hydrogen-bond donors (Lipinski definition) is 1. The maximum Gasteiger partial charge on any atom is 0.354 e. The first-order valence-electron chi connectivity index (χ1n) is 9.12. The second kappa shape index (κ2) is 10.9. The highest BCUT2D eigenvalue weighted by Gasteiger charge is 2.12. The number of aryl methyl sites for hydroxylation is 1. The summed E-state index contributed by atoms with van der Waals surface area (Å²) in [6.45, 7) is 6.30. The van der Waals surface area contributed by atoms with Gasteiger partial charge >= 0.3 is 11.4 Å². The van der Waals surface area contributed by atoms with Gasteiger partial charge in [0, 0.05) is 21.1 Å². The van der Waals surface area contributed by atoms with Crippen molar-refractivity contribution in [3.63, 3.8) is 0 Å². The number of nitrogens with one attached hydrogen (secondary N) is 1. The van der Waals surface area contributed by atoms with Gasteiger partial charge in [-0.1, -0.05) is 43.7 Å². The third-order valence-electron chi connectivity index (χ3n) is 4.07. The van der Waals surface area contributed by atoms with Crippen LogP contribution in [0.4, 0.5) is 11.6 Å². The molecular formula is C21H26BN4O3. The zero-order valence-corrected chi connectivity index (χ0v) is 17.5. The van der Waals surface area contributed by atoms with Crippen molar-refractivity contribution < 1.29 is 4.74 Å². The van der Waals surface area contributed by atoms with Gasteiger partial charge in [0.2, 0.25) is 5.95 Å². The number of hydrogen-bond acceptors (Lipinski definition) is 5. The quantitative estimate of drug-likeness (QED) is 0.675. The number of aromatic nitrogens is 3. The van der Waals surface area contributed by atoms with Gasteiger partial charge in [-0.05, 0) is 36.8 Å². The van der Waals surface area contributed by atoms with Crippen LogP contribution in [0.1, 0.15) is 25.0 Å². The van der Waals surface area contributed by atoms with Crippen molar-refractivity contribution in [2.24, 2.45) is 7.05 Å². The first-order valence-corrected chi connectivity index (χ1v) is 9.12. The molecule has 0 bridgehead atoms. The van der Waals surface area contributed by atoms with E-state index in [9.17, 15) is 9.59 Å². The molecule has 0 saturated carbocycles. The monoisotopic (exact) mass is 393 g/mol. The number of rotatable bonds is 5. The second-order valence-electron chi connectivity index (χ2n) is 5.98. The fraction of sp³-hybridized carbons (Fsp3) is 0.286. The van der Waals surface area contributed by atoms with Crippen LogP contribution in [0.15, 0.2) is 58.1 Å². The van der Waals surface area contributed by atoms with Gasteiger partial charge in [0.25, 0.3) is 0 Å². The molecule has 0 aliphatic carbocycles. The van der Waals surface area contributed by atoms with Crippen LogP contribution in [0.2, 0.25) is 0 Å². The molecule has 3 rings (SSSR count). The highest BCUT2D eigenvalue weighted by atomic mass is 16.5. The molecule has 0 unspecified atom stereocenters. The average Bonchev–Trinajstić information content (AvgIpc) is 2.73. The maximum absolute atomic E-state index is 12.6. The van der Waals surface area contributed by atoms with Gasteiger partial charge in [0.15, 0.2) is 0 Å². The van der Waals surface area contributed by atoms with Gasteiger partial charge in [0.05, 0.1) is 13.7 Å². The van der Waals surface area contributed by atoms with E-state index in [-0.39, 0.29) is 14.4 Å². The molecule has 0 aliphatic heterocycles. The Morgan fingerprint density at radius 1 is 1.00 bits per heavy atom. The Hall–Kier alpha value is -3.29. The maximum atomic E-state index is 12.6. The molecule has 3 aromatic rings. The Morgan fingerprint density at radius 2 is 1.59 bits per heavy atom. The summed E-state index contributed by atoms with van der Waals surface area (Å²) in [6, 6.07) is 15.0. The fourth-order valence-electron chi connectivity index (χ4n) is 2.50. The van der Waals surface area contributed by atoms with Gasteiger partial charge in [-0.2, -0.15) is 4.98 Å². The molecule has 0 saturated heterocycles. The van der Waals surface area contributed by atoms with E-state index in [0.717, 1.165) is 15.7 Å². The first kappa shape index (κ1) is 23.8. The third kappa shape index (κ3) is 5.84. The lowest BCUT2D eigenvalue weighted by atomic mass is 10.1. The van der Waals surface area contributed by atoms with Crippen LogP contribution < -0.4 is 21.4 Å². The average molecular weight is 393 g/mol. The van der Waals surface area contributed by atoms with Gasteiger partial charge in [-0.3, -0.25) is 4.57 Å². The number of ether oxygens (including phenoxy) is 1. The smallest absolute Gasteiger partial charge is 0.354 e. The molecule has 3 radical (unpaired) electrons. The lowest BCUT2D eigenvalue weighted by Crippen LogP contribution is -2.41. The van der Waals surface area contributed by atoms with Crippen LogP contribution in [0.25, 0.3) is 0 Å². The molecule has 0 fully saturated rings. The summed E-state index contributed by atoms with van der Waals surface area (Å²) in [7, 11) is 3.00. The minimum atomic E-state index is -0.605. The molecule has 0 atom stereocenters. The van der Waals surface area contributed by atoms with E-state index in [0.29, 0.717) is 18.0 Å². The van der Waals surface area contributed by atoms with E-state index in [1.54, 1.807) is 31.4 Å². The fourth-order valence-corrected chi connectivity index (χ4v) is 2.50. The van der Waals surface area contributed by atoms with Crippen LogP contribution >= 0.6 is 0 Å². The molecular weight excluding hydrogens is 367 g/mol. The van der Waals surface area contributed by atoms with Crippen LogP contribution in [-0.4, -0.2) is 29.6 Å². The van der Waals surface area contributed by atoms with Crippen molar-refractivity contribution in [2.45, 2.75) is 27.3 Å². The van der Waals surface area contributed by atoms with Gasteiger partial charge < -0.3 is 10.1 Å². The van der Waals surface area contributed by atoms with Crippen LogP contribution in [-0.2, 0) is 13.6 Å². The number of methoxy groups -OCH3 is 1. The van der Waals surface area contributed by atoms with Crippen molar-refractivity contribution in [3.05, 3.63) is 80.6 Å². The Kier molecular flexibility index (Phi) is 8.93. The van der Waals surface area contributed by atoms with Crippen molar-refractivity contribution in [2.75, 3.05) is 12.4 Å². The van der Waals surface area contributed by atoms with E-state index < -0.39 is 11.4 Å². The topological polar surface area (TPSA) is 78.2 Å². The second-order valence-corrected chi connectivity index (χ2v) is 5.98. The number of benzene rings is 2. The minimum Gasteiger partial charge on any atom is -0.497 e. The summed E-state index contributed by atoms with van der Waals surface area (Å²) in [6.07, 6.45) is 0. The summed E-state index contributed by atoms with van der Waals surface area (Å²) in [5.74, 6) is 0.911. The number of anilines is 2. The predicted molar refractivity (Wildman–Crippen MR) is 117 cm³/mol. The summed E-state index contributed by atoms with van der Waals surface area (Å²) in [4.78, 5) is 28.6. The summed E-state index contributed by atoms with van der Waals surface area (Å²) in [5.41, 5.74) is 1.74. The number of nitrogens with zero attached hydrogens (tertiary/aromatic N) is 3. The molecule has 1 aromatic heterocycles. The Labute approximate surface area is 172 Å². The molecule has 1 N–H and O–H groups in total. The molecule has 29 heavy (non-hydrogen) atoms. The van der Waals surface area contributed by atoms with E-state index in [2.05, 4.69) is 10.3 Å². The van der Waals surface area contributed by atoms with Gasteiger partial charge in [0.1, 0.15) is 5.75 Å². The zero-order valence-electron chi connectivity index (χ0n) is 17.5. The standard InChI is InChI=1S/C19H20N4O3.C2H6.B/c1-13-4-6-14(7-5-13)12-23-17(21-18(24)22(2)19(23)25)20-15-8-10-16(26-3)11-9-15;1-2;/h4-11H,12H2,1-3H3,(H,20,21,24);1-2H3;. The Morgan fingerprint density at radius 3 is 2.14 bits per heavy atom. The van der Waals surface area contributed by atoms with Crippen molar-refractivity contribution >= 4 is 20.0 Å². The normalized spacial score (nSPS) is 9.69. The zero-order chi connectivity index (χ0) is 20.7. The van der Waals surface area contributed by atoms with Crippen molar-refractivity contribution in [3.8, 4) is 5.75 Å². The molecule has 0 spiro atoms. The third-order valence-corrected chi connectivity index (χ3v) is 4.07. The highest BCUT2D eigenvalue weighted by Crippen LogP contribution is 2.18. The molecule has 0 aliphatic rings. The van der Waals surface area contributed by atoms with E-state index in [1.807, 2.05) is 45.0 Å². The lowest BCUT2D eigenvalue weighted by Gasteiger charge is -2.14. The molecule has 2 aromatic carbocycles. The minimum absolute atomic E-state index is 0.